The minimum Gasteiger partial charge on any atom is -0.355 e. The molecule has 0 aliphatic rings. The zero-order valence-electron chi connectivity index (χ0n) is 14.7. The summed E-state index contributed by atoms with van der Waals surface area (Å²) in [5.74, 6) is 0.416. The normalized spacial score (nSPS) is 10.9. The number of hydrogen-bond donors (Lipinski definition) is 1. The van der Waals surface area contributed by atoms with Gasteiger partial charge in [0.05, 0.1) is 29.1 Å². The third-order valence-electron chi connectivity index (χ3n) is 4.20. The molecule has 3 rings (SSSR count). The lowest BCUT2D eigenvalue weighted by atomic mass is 10.2. The lowest BCUT2D eigenvalue weighted by Crippen LogP contribution is -2.39. The number of fused-ring (bicyclic) bond motifs is 1. The van der Waals surface area contributed by atoms with Crippen molar-refractivity contribution in [1.82, 2.24) is 18.7 Å². The highest BCUT2D eigenvalue weighted by Gasteiger charge is 2.18. The zero-order chi connectivity index (χ0) is 19.7. The monoisotopic (exact) mass is 406 g/mol. The van der Waals surface area contributed by atoms with Crippen molar-refractivity contribution in [3.63, 3.8) is 0 Å². The van der Waals surface area contributed by atoms with Crippen molar-refractivity contribution < 1.29 is 0 Å². The van der Waals surface area contributed by atoms with Crippen LogP contribution in [0.3, 0.4) is 0 Å². The van der Waals surface area contributed by atoms with Crippen LogP contribution in [0.25, 0.3) is 11.2 Å². The standard InChI is InChI=1S/C17H16Cl2N6O2/c1-23-13-14(22-16(23)21-7-3-6-20)24(2)17(27)25(15(13)26)9-10-4-5-11(18)12(19)8-10/h4-5,8H,3,7,9H2,1-2H3,(H,21,22). The highest BCUT2D eigenvalue weighted by molar-refractivity contribution is 6.42. The van der Waals surface area contributed by atoms with Crippen LogP contribution in [-0.2, 0) is 20.6 Å². The molecule has 0 amide bonds. The Balaban J connectivity index is 2.13. The number of aromatic nitrogens is 4. The van der Waals surface area contributed by atoms with Gasteiger partial charge in [0, 0.05) is 20.6 Å². The van der Waals surface area contributed by atoms with Gasteiger partial charge in [-0.25, -0.2) is 4.79 Å². The van der Waals surface area contributed by atoms with Crippen molar-refractivity contribution in [2.45, 2.75) is 13.0 Å². The topological polar surface area (TPSA) is 97.6 Å². The number of halogens is 2. The minimum absolute atomic E-state index is 0.0563. The van der Waals surface area contributed by atoms with Gasteiger partial charge in [-0.3, -0.25) is 13.9 Å². The number of aryl methyl sites for hydroxylation is 2. The quantitative estimate of drug-likeness (QED) is 0.654. The Morgan fingerprint density at radius 1 is 1.19 bits per heavy atom. The van der Waals surface area contributed by atoms with Gasteiger partial charge in [0.15, 0.2) is 11.2 Å². The van der Waals surface area contributed by atoms with Gasteiger partial charge < -0.3 is 9.88 Å². The van der Waals surface area contributed by atoms with Crippen LogP contribution in [-0.4, -0.2) is 25.2 Å². The molecule has 0 aliphatic heterocycles. The van der Waals surface area contributed by atoms with Crippen molar-refractivity contribution in [1.29, 1.82) is 5.26 Å². The van der Waals surface area contributed by atoms with E-state index >= 15 is 0 Å². The summed E-state index contributed by atoms with van der Waals surface area (Å²) in [5, 5.41) is 12.4. The van der Waals surface area contributed by atoms with Crippen LogP contribution < -0.4 is 16.6 Å². The summed E-state index contributed by atoms with van der Waals surface area (Å²) in [6, 6.07) is 6.98. The maximum absolute atomic E-state index is 13.0. The lowest BCUT2D eigenvalue weighted by molar-refractivity contribution is 0.655. The molecule has 1 aromatic carbocycles. The van der Waals surface area contributed by atoms with Gasteiger partial charge in [-0.2, -0.15) is 10.2 Å². The second-order valence-electron chi connectivity index (χ2n) is 5.98. The summed E-state index contributed by atoms with van der Waals surface area (Å²) in [4.78, 5) is 30.0. The van der Waals surface area contributed by atoms with Crippen LogP contribution in [0.2, 0.25) is 10.0 Å². The highest BCUT2D eigenvalue weighted by atomic mass is 35.5. The SMILES string of the molecule is Cn1c(NCCC#N)nc2c1c(=O)n(Cc1ccc(Cl)c(Cl)c1)c(=O)n2C. The molecule has 1 N–H and O–H groups in total. The first-order valence-corrected chi connectivity index (χ1v) is 8.81. The fourth-order valence-electron chi connectivity index (χ4n) is 2.79. The van der Waals surface area contributed by atoms with E-state index < -0.39 is 11.2 Å². The molecule has 3 aromatic rings. The largest absolute Gasteiger partial charge is 0.355 e. The van der Waals surface area contributed by atoms with E-state index in [-0.39, 0.29) is 17.7 Å². The molecule has 10 heteroatoms. The van der Waals surface area contributed by atoms with Crippen LogP contribution in [0, 0.1) is 11.3 Å². The van der Waals surface area contributed by atoms with Gasteiger partial charge >= 0.3 is 5.69 Å². The first kappa shape index (κ1) is 19.0. The van der Waals surface area contributed by atoms with Crippen molar-refractivity contribution in [2.75, 3.05) is 11.9 Å². The number of rotatable bonds is 5. The van der Waals surface area contributed by atoms with E-state index in [0.29, 0.717) is 34.5 Å². The summed E-state index contributed by atoms with van der Waals surface area (Å²) in [6.45, 7) is 0.444. The first-order chi connectivity index (χ1) is 12.8. The van der Waals surface area contributed by atoms with Crippen LogP contribution in [0.5, 0.6) is 0 Å². The average Bonchev–Trinajstić information content (AvgIpc) is 2.97. The molecule has 0 spiro atoms. The second kappa shape index (κ2) is 7.47. The molecule has 0 atom stereocenters. The molecule has 0 bridgehead atoms. The first-order valence-electron chi connectivity index (χ1n) is 8.06. The van der Waals surface area contributed by atoms with Gasteiger partial charge in [-0.1, -0.05) is 29.3 Å². The fourth-order valence-corrected chi connectivity index (χ4v) is 3.11. The molecule has 0 saturated carbocycles. The predicted molar refractivity (Wildman–Crippen MR) is 104 cm³/mol. The van der Waals surface area contributed by atoms with Crippen molar-refractivity contribution in [3.8, 4) is 6.07 Å². The Hall–Kier alpha value is -2.76. The molecule has 0 saturated heterocycles. The van der Waals surface area contributed by atoms with Gasteiger partial charge in [-0.05, 0) is 17.7 Å². The Kier molecular flexibility index (Phi) is 5.26. The summed E-state index contributed by atoms with van der Waals surface area (Å²) >= 11 is 11.9. The van der Waals surface area contributed by atoms with Crippen LogP contribution >= 0.6 is 23.2 Å². The van der Waals surface area contributed by atoms with E-state index in [1.807, 2.05) is 6.07 Å². The summed E-state index contributed by atoms with van der Waals surface area (Å²) in [7, 11) is 3.24. The minimum atomic E-state index is -0.486. The van der Waals surface area contributed by atoms with E-state index in [4.69, 9.17) is 28.5 Å². The third-order valence-corrected chi connectivity index (χ3v) is 4.94. The molecule has 2 heterocycles. The molecule has 0 radical (unpaired) electrons. The number of nitrogens with zero attached hydrogens (tertiary/aromatic N) is 5. The van der Waals surface area contributed by atoms with E-state index in [1.165, 1.54) is 4.57 Å². The van der Waals surface area contributed by atoms with Crippen molar-refractivity contribution in [2.24, 2.45) is 14.1 Å². The smallest absolute Gasteiger partial charge is 0.332 e. The Morgan fingerprint density at radius 2 is 1.93 bits per heavy atom. The number of anilines is 1. The van der Waals surface area contributed by atoms with Crippen molar-refractivity contribution >= 4 is 40.3 Å². The zero-order valence-corrected chi connectivity index (χ0v) is 16.2. The molecule has 8 nitrogen and oxygen atoms in total. The maximum atomic E-state index is 13.0. The number of benzene rings is 1. The number of nitriles is 1. The van der Waals surface area contributed by atoms with Crippen LogP contribution in [0.15, 0.2) is 27.8 Å². The molecule has 0 unspecified atom stereocenters. The van der Waals surface area contributed by atoms with Crippen molar-refractivity contribution in [3.05, 3.63) is 54.6 Å². The van der Waals surface area contributed by atoms with Gasteiger partial charge in [0.25, 0.3) is 5.56 Å². The Morgan fingerprint density at radius 3 is 2.59 bits per heavy atom. The fraction of sp³-hybridized carbons (Fsp3) is 0.294. The lowest BCUT2D eigenvalue weighted by Gasteiger charge is -2.09. The molecule has 27 heavy (non-hydrogen) atoms. The second-order valence-corrected chi connectivity index (χ2v) is 6.80. The maximum Gasteiger partial charge on any atom is 0.332 e. The van der Waals surface area contributed by atoms with E-state index in [2.05, 4.69) is 10.3 Å². The molecule has 140 valence electrons. The number of hydrogen-bond acceptors (Lipinski definition) is 5. The predicted octanol–water partition coefficient (Wildman–Crippen LogP) is 2.11. The summed E-state index contributed by atoms with van der Waals surface area (Å²) < 4.78 is 4.03. The number of nitrogens with one attached hydrogen (secondary N) is 1. The van der Waals surface area contributed by atoms with Gasteiger partial charge in [0.1, 0.15) is 0 Å². The van der Waals surface area contributed by atoms with E-state index in [1.54, 1.807) is 36.9 Å². The number of imidazole rings is 1. The summed E-state index contributed by atoms with van der Waals surface area (Å²) in [5.41, 5.74) is 0.300. The van der Waals surface area contributed by atoms with Crippen LogP contribution in [0.4, 0.5) is 5.95 Å². The molecule has 2 aromatic heterocycles. The van der Waals surface area contributed by atoms with Gasteiger partial charge in [0.2, 0.25) is 5.95 Å². The Labute approximate surface area is 164 Å². The van der Waals surface area contributed by atoms with E-state index in [0.717, 1.165) is 4.57 Å². The molecular formula is C17H16Cl2N6O2. The van der Waals surface area contributed by atoms with Crippen LogP contribution in [0.1, 0.15) is 12.0 Å². The summed E-state index contributed by atoms with van der Waals surface area (Å²) in [6.07, 6.45) is 0.295. The Bertz CT molecular complexity index is 1190. The van der Waals surface area contributed by atoms with E-state index in [9.17, 15) is 9.59 Å². The highest BCUT2D eigenvalue weighted by Crippen LogP contribution is 2.22. The average molecular weight is 407 g/mol. The molecule has 0 fully saturated rings. The third kappa shape index (κ3) is 3.44. The molecular weight excluding hydrogens is 391 g/mol. The van der Waals surface area contributed by atoms with Gasteiger partial charge in [-0.15, -0.1) is 0 Å². The molecule has 0 aliphatic carbocycles.